The van der Waals surface area contributed by atoms with Crippen molar-refractivity contribution in [1.82, 2.24) is 0 Å². The number of ether oxygens (including phenoxy) is 1. The molecule has 1 aromatic carbocycles. The summed E-state index contributed by atoms with van der Waals surface area (Å²) in [5, 5.41) is 13.3. The number of benzene rings is 1. The second-order valence-corrected chi connectivity index (χ2v) is 3.29. The predicted molar refractivity (Wildman–Crippen MR) is 57.9 cm³/mol. The van der Waals surface area contributed by atoms with E-state index in [-0.39, 0.29) is 17.5 Å². The number of methoxy groups -OCH3 is 1. The van der Waals surface area contributed by atoms with Gasteiger partial charge in [0.15, 0.2) is 0 Å². The minimum absolute atomic E-state index is 0.0912. The Kier molecular flexibility index (Phi) is 3.91. The number of hydrogen-bond acceptors (Lipinski definition) is 4. The van der Waals surface area contributed by atoms with Gasteiger partial charge in [0.1, 0.15) is 5.75 Å². The third-order valence-electron chi connectivity index (χ3n) is 1.93. The molecule has 0 saturated carbocycles. The molecule has 0 radical (unpaired) electrons. The Balaban J connectivity index is 2.53. The molecule has 0 amide bonds. The molecule has 1 atom stereocenters. The molecule has 1 aromatic rings. The molecule has 0 saturated heterocycles. The van der Waals surface area contributed by atoms with Crippen LogP contribution in [0.15, 0.2) is 24.3 Å². The van der Waals surface area contributed by atoms with Crippen molar-refractivity contribution in [3.8, 4) is 5.75 Å². The molecular formula is C10H14N2O3. The van der Waals surface area contributed by atoms with Gasteiger partial charge < -0.3 is 10.1 Å². The van der Waals surface area contributed by atoms with Crippen molar-refractivity contribution in [2.75, 3.05) is 19.0 Å². The molecule has 0 spiro atoms. The molecule has 0 aliphatic carbocycles. The SMILES string of the molecule is COc1ccc(NC(C)C[N+](=O)[O-])cc1. The van der Waals surface area contributed by atoms with E-state index in [1.807, 2.05) is 12.1 Å². The fourth-order valence-corrected chi connectivity index (χ4v) is 1.24. The summed E-state index contributed by atoms with van der Waals surface area (Å²) in [6, 6.07) is 7.08. The van der Waals surface area contributed by atoms with Crippen LogP contribution in [0.1, 0.15) is 6.92 Å². The standard InChI is InChI=1S/C10H14N2O3/c1-8(7-12(13)14)11-9-3-5-10(15-2)6-4-9/h3-6,8,11H,7H2,1-2H3. The van der Waals surface area contributed by atoms with Crippen molar-refractivity contribution in [1.29, 1.82) is 0 Å². The van der Waals surface area contributed by atoms with Gasteiger partial charge in [-0.15, -0.1) is 0 Å². The monoisotopic (exact) mass is 210 g/mol. The molecule has 1 rings (SSSR count). The number of nitro groups is 1. The number of nitrogens with zero attached hydrogens (tertiary/aromatic N) is 1. The number of anilines is 1. The topological polar surface area (TPSA) is 64.4 Å². The number of hydrogen-bond donors (Lipinski definition) is 1. The van der Waals surface area contributed by atoms with Crippen LogP contribution in [0.2, 0.25) is 0 Å². The van der Waals surface area contributed by atoms with Crippen LogP contribution in [-0.2, 0) is 0 Å². The average Bonchev–Trinajstić information content (AvgIpc) is 2.17. The molecule has 15 heavy (non-hydrogen) atoms. The van der Waals surface area contributed by atoms with E-state index in [1.165, 1.54) is 0 Å². The smallest absolute Gasteiger partial charge is 0.223 e. The molecule has 1 unspecified atom stereocenters. The summed E-state index contributed by atoms with van der Waals surface area (Å²) in [6.45, 7) is 1.68. The highest BCUT2D eigenvalue weighted by Gasteiger charge is 2.08. The van der Waals surface area contributed by atoms with E-state index in [2.05, 4.69) is 5.32 Å². The summed E-state index contributed by atoms with van der Waals surface area (Å²) in [5.74, 6) is 0.766. The molecule has 0 aliphatic rings. The highest BCUT2D eigenvalue weighted by atomic mass is 16.6. The lowest BCUT2D eigenvalue weighted by Gasteiger charge is -2.11. The first-order valence-corrected chi connectivity index (χ1v) is 4.64. The van der Waals surface area contributed by atoms with E-state index in [9.17, 15) is 10.1 Å². The van der Waals surface area contributed by atoms with Gasteiger partial charge in [-0.3, -0.25) is 10.1 Å². The Hall–Kier alpha value is -1.78. The molecule has 82 valence electrons. The summed E-state index contributed by atoms with van der Waals surface area (Å²) in [7, 11) is 1.60. The quantitative estimate of drug-likeness (QED) is 0.594. The van der Waals surface area contributed by atoms with E-state index in [0.29, 0.717) is 0 Å². The predicted octanol–water partition coefficient (Wildman–Crippen LogP) is 1.77. The van der Waals surface area contributed by atoms with Gasteiger partial charge in [-0.05, 0) is 31.2 Å². The molecular weight excluding hydrogens is 196 g/mol. The van der Waals surface area contributed by atoms with Crippen molar-refractivity contribution in [3.63, 3.8) is 0 Å². The van der Waals surface area contributed by atoms with E-state index in [4.69, 9.17) is 4.74 Å². The van der Waals surface area contributed by atoms with Crippen molar-refractivity contribution in [3.05, 3.63) is 34.4 Å². The molecule has 0 aliphatic heterocycles. The second kappa shape index (κ2) is 5.19. The van der Waals surface area contributed by atoms with Gasteiger partial charge in [0.05, 0.1) is 13.2 Å². The zero-order valence-corrected chi connectivity index (χ0v) is 8.77. The Bertz CT molecular complexity index is 324. The minimum atomic E-state index is -0.332. The fraction of sp³-hybridized carbons (Fsp3) is 0.400. The van der Waals surface area contributed by atoms with E-state index >= 15 is 0 Å². The maximum absolute atomic E-state index is 10.2. The number of nitrogens with one attached hydrogen (secondary N) is 1. The van der Waals surface area contributed by atoms with Crippen LogP contribution in [0.25, 0.3) is 0 Å². The maximum atomic E-state index is 10.2. The minimum Gasteiger partial charge on any atom is -0.497 e. The van der Waals surface area contributed by atoms with Gasteiger partial charge in [-0.2, -0.15) is 0 Å². The number of rotatable bonds is 5. The van der Waals surface area contributed by atoms with Crippen LogP contribution in [0.3, 0.4) is 0 Å². The van der Waals surface area contributed by atoms with E-state index < -0.39 is 0 Å². The van der Waals surface area contributed by atoms with Crippen LogP contribution < -0.4 is 10.1 Å². The van der Waals surface area contributed by atoms with E-state index in [0.717, 1.165) is 11.4 Å². The highest BCUT2D eigenvalue weighted by Crippen LogP contribution is 2.15. The molecule has 1 N–H and O–H groups in total. The molecule has 0 fully saturated rings. The molecule has 5 nitrogen and oxygen atoms in total. The largest absolute Gasteiger partial charge is 0.497 e. The Labute approximate surface area is 88.2 Å². The van der Waals surface area contributed by atoms with Crippen molar-refractivity contribution >= 4 is 5.69 Å². The van der Waals surface area contributed by atoms with Crippen molar-refractivity contribution in [2.24, 2.45) is 0 Å². The molecule has 5 heteroatoms. The summed E-state index contributed by atoms with van der Waals surface area (Å²) < 4.78 is 5.00. The van der Waals surface area contributed by atoms with Gasteiger partial charge in [0.25, 0.3) is 0 Å². The van der Waals surface area contributed by atoms with Crippen LogP contribution >= 0.6 is 0 Å². The Morgan fingerprint density at radius 2 is 2.07 bits per heavy atom. The van der Waals surface area contributed by atoms with Crippen molar-refractivity contribution in [2.45, 2.75) is 13.0 Å². The average molecular weight is 210 g/mol. The molecule has 0 heterocycles. The summed E-state index contributed by atoms with van der Waals surface area (Å²) >= 11 is 0. The maximum Gasteiger partial charge on any atom is 0.223 e. The lowest BCUT2D eigenvalue weighted by Crippen LogP contribution is -2.24. The molecule has 0 bridgehead atoms. The van der Waals surface area contributed by atoms with Crippen LogP contribution in [0, 0.1) is 10.1 Å². The first-order valence-electron chi connectivity index (χ1n) is 4.64. The lowest BCUT2D eigenvalue weighted by molar-refractivity contribution is -0.481. The van der Waals surface area contributed by atoms with Crippen LogP contribution in [0.5, 0.6) is 5.75 Å². The zero-order chi connectivity index (χ0) is 11.3. The van der Waals surface area contributed by atoms with Gasteiger partial charge in [0.2, 0.25) is 6.54 Å². The summed E-state index contributed by atoms with van der Waals surface area (Å²) in [6.07, 6.45) is 0. The van der Waals surface area contributed by atoms with Gasteiger partial charge >= 0.3 is 0 Å². The fourth-order valence-electron chi connectivity index (χ4n) is 1.24. The third kappa shape index (κ3) is 3.84. The summed E-state index contributed by atoms with van der Waals surface area (Å²) in [5.41, 5.74) is 0.852. The first-order chi connectivity index (χ1) is 7.11. The van der Waals surface area contributed by atoms with Gasteiger partial charge in [-0.1, -0.05) is 0 Å². The third-order valence-corrected chi connectivity index (χ3v) is 1.93. The van der Waals surface area contributed by atoms with E-state index in [1.54, 1.807) is 26.2 Å². The highest BCUT2D eigenvalue weighted by molar-refractivity contribution is 5.46. The lowest BCUT2D eigenvalue weighted by atomic mass is 10.2. The normalized spacial score (nSPS) is 11.9. The van der Waals surface area contributed by atoms with Crippen LogP contribution in [0.4, 0.5) is 5.69 Å². The van der Waals surface area contributed by atoms with Crippen molar-refractivity contribution < 1.29 is 9.66 Å². The first kappa shape index (κ1) is 11.3. The second-order valence-electron chi connectivity index (χ2n) is 3.29. The Morgan fingerprint density at radius 3 is 2.53 bits per heavy atom. The summed E-state index contributed by atoms with van der Waals surface area (Å²) in [4.78, 5) is 9.91. The molecule has 0 aromatic heterocycles. The Morgan fingerprint density at radius 1 is 1.47 bits per heavy atom. The zero-order valence-electron chi connectivity index (χ0n) is 8.77. The van der Waals surface area contributed by atoms with Crippen LogP contribution in [-0.4, -0.2) is 24.6 Å². The van der Waals surface area contributed by atoms with Gasteiger partial charge in [0, 0.05) is 10.6 Å². The van der Waals surface area contributed by atoms with Gasteiger partial charge in [-0.25, -0.2) is 0 Å².